The summed E-state index contributed by atoms with van der Waals surface area (Å²) in [6.07, 6.45) is 2.41. The summed E-state index contributed by atoms with van der Waals surface area (Å²) in [6, 6.07) is 3.94. The first-order valence-corrected chi connectivity index (χ1v) is 5.84. The SMILES string of the molecule is CC#Cc1cc(CC#Cc2ccsc2)co1. The van der Waals surface area contributed by atoms with Crippen LogP contribution in [-0.4, -0.2) is 0 Å². The first kappa shape index (κ1) is 10.6. The molecule has 0 spiro atoms. The third kappa shape index (κ3) is 2.79. The van der Waals surface area contributed by atoms with Crippen LogP contribution in [0.2, 0.25) is 0 Å². The molecule has 2 aromatic rings. The Balaban J connectivity index is 2.01. The third-order valence-electron chi connectivity index (χ3n) is 1.95. The predicted molar refractivity (Wildman–Crippen MR) is 66.2 cm³/mol. The minimum absolute atomic E-state index is 0.699. The molecule has 0 aliphatic heterocycles. The smallest absolute Gasteiger partial charge is 0.176 e. The Labute approximate surface area is 99.1 Å². The maximum absolute atomic E-state index is 5.25. The Morgan fingerprint density at radius 2 is 2.31 bits per heavy atom. The van der Waals surface area contributed by atoms with Crippen LogP contribution in [0, 0.1) is 23.7 Å². The van der Waals surface area contributed by atoms with Gasteiger partial charge in [-0.2, -0.15) is 11.3 Å². The first-order valence-electron chi connectivity index (χ1n) is 4.90. The molecule has 0 amide bonds. The second-order valence-corrected chi connectivity index (χ2v) is 3.96. The van der Waals surface area contributed by atoms with E-state index in [1.54, 1.807) is 24.5 Å². The number of rotatable bonds is 1. The van der Waals surface area contributed by atoms with E-state index in [4.69, 9.17) is 4.42 Å². The molecule has 0 radical (unpaired) electrons. The zero-order valence-electron chi connectivity index (χ0n) is 8.91. The van der Waals surface area contributed by atoms with Gasteiger partial charge in [0.25, 0.3) is 0 Å². The molecule has 0 aromatic carbocycles. The second kappa shape index (κ2) is 5.26. The largest absolute Gasteiger partial charge is 0.456 e. The van der Waals surface area contributed by atoms with Crippen molar-refractivity contribution < 1.29 is 4.42 Å². The molecule has 0 fully saturated rings. The molecular weight excluding hydrogens is 216 g/mol. The zero-order chi connectivity index (χ0) is 11.2. The number of hydrogen-bond donors (Lipinski definition) is 0. The summed E-state index contributed by atoms with van der Waals surface area (Å²) < 4.78 is 5.25. The van der Waals surface area contributed by atoms with Gasteiger partial charge in [-0.3, -0.25) is 0 Å². The van der Waals surface area contributed by atoms with Crippen molar-refractivity contribution in [1.82, 2.24) is 0 Å². The van der Waals surface area contributed by atoms with Crippen LogP contribution in [0.4, 0.5) is 0 Å². The fraction of sp³-hybridized carbons (Fsp3) is 0.143. The number of thiophene rings is 1. The summed E-state index contributed by atoms with van der Waals surface area (Å²) >= 11 is 1.66. The van der Waals surface area contributed by atoms with Crippen molar-refractivity contribution in [2.24, 2.45) is 0 Å². The van der Waals surface area contributed by atoms with Gasteiger partial charge in [0.1, 0.15) is 0 Å². The van der Waals surface area contributed by atoms with Crippen molar-refractivity contribution in [2.75, 3.05) is 0 Å². The lowest BCUT2D eigenvalue weighted by molar-refractivity contribution is 0.552. The van der Waals surface area contributed by atoms with Gasteiger partial charge in [-0.1, -0.05) is 17.8 Å². The van der Waals surface area contributed by atoms with Gasteiger partial charge in [-0.25, -0.2) is 0 Å². The highest BCUT2D eigenvalue weighted by molar-refractivity contribution is 7.08. The summed E-state index contributed by atoms with van der Waals surface area (Å²) in [5, 5.41) is 4.06. The van der Waals surface area contributed by atoms with Gasteiger partial charge in [-0.05, 0) is 30.4 Å². The van der Waals surface area contributed by atoms with Crippen molar-refractivity contribution in [3.05, 3.63) is 46.0 Å². The number of hydrogen-bond acceptors (Lipinski definition) is 2. The van der Waals surface area contributed by atoms with Gasteiger partial charge in [0.2, 0.25) is 0 Å². The van der Waals surface area contributed by atoms with Crippen LogP contribution in [0.5, 0.6) is 0 Å². The van der Waals surface area contributed by atoms with Gasteiger partial charge in [-0.15, -0.1) is 0 Å². The van der Waals surface area contributed by atoms with E-state index in [1.807, 2.05) is 22.9 Å². The summed E-state index contributed by atoms with van der Waals surface area (Å²) in [4.78, 5) is 0. The highest BCUT2D eigenvalue weighted by Gasteiger charge is 1.96. The van der Waals surface area contributed by atoms with Gasteiger partial charge < -0.3 is 4.42 Å². The molecule has 2 aromatic heterocycles. The fourth-order valence-corrected chi connectivity index (χ4v) is 1.83. The van der Waals surface area contributed by atoms with Crippen LogP contribution in [0.1, 0.15) is 23.8 Å². The zero-order valence-corrected chi connectivity index (χ0v) is 9.73. The summed E-state index contributed by atoms with van der Waals surface area (Å²) in [5.74, 6) is 12.6. The molecule has 78 valence electrons. The average Bonchev–Trinajstić information content (AvgIpc) is 2.90. The summed E-state index contributed by atoms with van der Waals surface area (Å²) in [7, 11) is 0. The third-order valence-corrected chi connectivity index (χ3v) is 2.63. The fourth-order valence-electron chi connectivity index (χ4n) is 1.24. The Morgan fingerprint density at radius 3 is 3.06 bits per heavy atom. The Bertz CT molecular complexity index is 568. The lowest BCUT2D eigenvalue weighted by Crippen LogP contribution is -1.75. The van der Waals surface area contributed by atoms with E-state index < -0.39 is 0 Å². The lowest BCUT2D eigenvalue weighted by Gasteiger charge is -1.81. The molecule has 0 bridgehead atoms. The van der Waals surface area contributed by atoms with Crippen molar-refractivity contribution in [2.45, 2.75) is 13.3 Å². The van der Waals surface area contributed by atoms with Gasteiger partial charge in [0.05, 0.1) is 6.26 Å². The monoisotopic (exact) mass is 226 g/mol. The van der Waals surface area contributed by atoms with E-state index in [-0.39, 0.29) is 0 Å². The molecule has 0 atom stereocenters. The molecule has 2 heterocycles. The second-order valence-electron chi connectivity index (χ2n) is 3.18. The van der Waals surface area contributed by atoms with Crippen molar-refractivity contribution >= 4 is 11.3 Å². The van der Waals surface area contributed by atoms with Gasteiger partial charge in [0, 0.05) is 22.9 Å². The minimum Gasteiger partial charge on any atom is -0.456 e. The molecule has 2 rings (SSSR count). The molecule has 0 aliphatic carbocycles. The van der Waals surface area contributed by atoms with Crippen molar-refractivity contribution in [3.8, 4) is 23.7 Å². The number of furan rings is 1. The molecule has 0 unspecified atom stereocenters. The van der Waals surface area contributed by atoms with Crippen molar-refractivity contribution in [3.63, 3.8) is 0 Å². The minimum atomic E-state index is 0.699. The molecule has 0 aliphatic rings. The lowest BCUT2D eigenvalue weighted by atomic mass is 10.2. The van der Waals surface area contributed by atoms with Crippen LogP contribution in [0.25, 0.3) is 0 Å². The van der Waals surface area contributed by atoms with E-state index in [2.05, 4.69) is 23.7 Å². The maximum atomic E-state index is 5.25. The Kier molecular flexibility index (Phi) is 3.49. The van der Waals surface area contributed by atoms with Crippen molar-refractivity contribution in [1.29, 1.82) is 0 Å². The normalized spacial score (nSPS) is 8.81. The predicted octanol–water partition coefficient (Wildman–Crippen LogP) is 3.31. The summed E-state index contributed by atoms with van der Waals surface area (Å²) in [6.45, 7) is 1.79. The van der Waals surface area contributed by atoms with Crippen LogP contribution in [-0.2, 0) is 6.42 Å². The molecule has 1 nitrogen and oxygen atoms in total. The van der Waals surface area contributed by atoms with E-state index in [0.29, 0.717) is 12.2 Å². The van der Waals surface area contributed by atoms with Gasteiger partial charge >= 0.3 is 0 Å². The highest BCUT2D eigenvalue weighted by Crippen LogP contribution is 2.07. The Hall–Kier alpha value is -1.90. The topological polar surface area (TPSA) is 13.1 Å². The molecule has 0 N–H and O–H groups in total. The van der Waals surface area contributed by atoms with Crippen LogP contribution >= 0.6 is 11.3 Å². The molecule has 0 saturated carbocycles. The summed E-state index contributed by atoms with van der Waals surface area (Å²) in [5.41, 5.74) is 2.14. The van der Waals surface area contributed by atoms with Gasteiger partial charge in [0.15, 0.2) is 5.76 Å². The van der Waals surface area contributed by atoms with Crippen LogP contribution in [0.3, 0.4) is 0 Å². The average molecular weight is 226 g/mol. The molecule has 2 heteroatoms. The van der Waals surface area contributed by atoms with E-state index >= 15 is 0 Å². The van der Waals surface area contributed by atoms with E-state index in [1.165, 1.54) is 0 Å². The standard InChI is InChI=1S/C14H10OS/c1-2-4-14-9-13(10-15-14)6-3-5-12-7-8-16-11-12/h7-11H,6H2,1H3. The van der Waals surface area contributed by atoms with Crippen LogP contribution < -0.4 is 0 Å². The highest BCUT2D eigenvalue weighted by atomic mass is 32.1. The van der Waals surface area contributed by atoms with Crippen LogP contribution in [0.15, 0.2) is 33.6 Å². The molecular formula is C14H10OS. The molecule has 16 heavy (non-hydrogen) atoms. The quantitative estimate of drug-likeness (QED) is 0.680. The maximum Gasteiger partial charge on any atom is 0.176 e. The van der Waals surface area contributed by atoms with E-state index in [0.717, 1.165) is 11.1 Å². The van der Waals surface area contributed by atoms with E-state index in [9.17, 15) is 0 Å². The first-order chi connectivity index (χ1) is 7.88. The molecule has 0 saturated heterocycles. The Morgan fingerprint density at radius 1 is 1.38 bits per heavy atom.